The molecule has 2 aliphatic rings. The molecule has 1 aromatic carbocycles. The van der Waals surface area contributed by atoms with Crippen molar-refractivity contribution in [3.05, 3.63) is 23.8 Å². The van der Waals surface area contributed by atoms with Gasteiger partial charge < -0.3 is 11.1 Å². The summed E-state index contributed by atoms with van der Waals surface area (Å²) in [4.78, 5) is 0. The highest BCUT2D eigenvalue weighted by Crippen LogP contribution is 2.51. The molecule has 1 aliphatic heterocycles. The smallest absolute Gasteiger partial charge is 0.0393 e. The van der Waals surface area contributed by atoms with Crippen molar-refractivity contribution < 1.29 is 0 Å². The van der Waals surface area contributed by atoms with Crippen molar-refractivity contribution in [2.75, 3.05) is 17.6 Å². The Balaban J connectivity index is 2.00. The van der Waals surface area contributed by atoms with E-state index < -0.39 is 0 Å². The number of nitrogens with two attached hydrogens (primary N) is 1. The van der Waals surface area contributed by atoms with Gasteiger partial charge in [0.1, 0.15) is 0 Å². The second kappa shape index (κ2) is 2.19. The van der Waals surface area contributed by atoms with Crippen LogP contribution >= 0.6 is 0 Å². The summed E-state index contributed by atoms with van der Waals surface area (Å²) < 4.78 is 0. The monoisotopic (exact) mass is 174 g/mol. The SMILES string of the molecule is Nc1ccc2c(c1)NCC1(CC1)C2. The Kier molecular flexibility index (Phi) is 1.22. The Morgan fingerprint density at radius 2 is 2.15 bits per heavy atom. The van der Waals surface area contributed by atoms with E-state index in [1.807, 2.05) is 12.1 Å². The minimum atomic E-state index is 0.614. The first-order valence-corrected chi connectivity index (χ1v) is 4.90. The summed E-state index contributed by atoms with van der Waals surface area (Å²) >= 11 is 0. The fraction of sp³-hybridized carbons (Fsp3) is 0.455. The zero-order valence-corrected chi connectivity index (χ0v) is 7.64. The average molecular weight is 174 g/mol. The van der Waals surface area contributed by atoms with Crippen LogP contribution in [-0.4, -0.2) is 6.54 Å². The lowest BCUT2D eigenvalue weighted by molar-refractivity contribution is 0.523. The third kappa shape index (κ3) is 1.09. The summed E-state index contributed by atoms with van der Waals surface area (Å²) in [5.41, 5.74) is 9.89. The molecular formula is C11H14N2. The van der Waals surface area contributed by atoms with Gasteiger partial charge in [0.2, 0.25) is 0 Å². The average Bonchev–Trinajstić information content (AvgIpc) is 2.87. The molecule has 1 saturated carbocycles. The van der Waals surface area contributed by atoms with E-state index in [1.165, 1.54) is 30.5 Å². The van der Waals surface area contributed by atoms with Gasteiger partial charge >= 0.3 is 0 Å². The molecule has 13 heavy (non-hydrogen) atoms. The van der Waals surface area contributed by atoms with Crippen LogP contribution in [0.15, 0.2) is 18.2 Å². The van der Waals surface area contributed by atoms with E-state index in [4.69, 9.17) is 5.73 Å². The first-order chi connectivity index (χ1) is 6.27. The molecule has 3 rings (SSSR count). The fourth-order valence-electron chi connectivity index (χ4n) is 2.19. The highest BCUT2D eigenvalue weighted by molar-refractivity contribution is 5.61. The topological polar surface area (TPSA) is 38.0 Å². The number of rotatable bonds is 0. The maximum atomic E-state index is 5.73. The molecule has 1 fully saturated rings. The Hall–Kier alpha value is -1.18. The normalized spacial score (nSPS) is 22.2. The van der Waals surface area contributed by atoms with Gasteiger partial charge in [-0.15, -0.1) is 0 Å². The summed E-state index contributed by atoms with van der Waals surface area (Å²) in [5.74, 6) is 0. The van der Waals surface area contributed by atoms with Gasteiger partial charge in [-0.2, -0.15) is 0 Å². The Bertz CT molecular complexity index is 353. The Morgan fingerprint density at radius 1 is 1.31 bits per heavy atom. The molecule has 1 aliphatic carbocycles. The minimum Gasteiger partial charge on any atom is -0.399 e. The van der Waals surface area contributed by atoms with Crippen molar-refractivity contribution in [3.8, 4) is 0 Å². The second-order valence-electron chi connectivity index (χ2n) is 4.45. The number of hydrogen-bond acceptors (Lipinski definition) is 2. The predicted octanol–water partition coefficient (Wildman–Crippen LogP) is 2.02. The van der Waals surface area contributed by atoms with Crippen molar-refractivity contribution in [2.24, 2.45) is 5.41 Å². The van der Waals surface area contributed by atoms with Crippen molar-refractivity contribution in [1.82, 2.24) is 0 Å². The zero-order valence-electron chi connectivity index (χ0n) is 7.64. The molecule has 0 amide bonds. The first-order valence-electron chi connectivity index (χ1n) is 4.90. The van der Waals surface area contributed by atoms with Crippen LogP contribution in [0.2, 0.25) is 0 Å². The van der Waals surface area contributed by atoms with E-state index in [-0.39, 0.29) is 0 Å². The summed E-state index contributed by atoms with van der Waals surface area (Å²) in [5, 5.41) is 3.48. The largest absolute Gasteiger partial charge is 0.399 e. The lowest BCUT2D eigenvalue weighted by Gasteiger charge is -2.26. The van der Waals surface area contributed by atoms with Crippen LogP contribution in [0, 0.1) is 5.41 Å². The highest BCUT2D eigenvalue weighted by Gasteiger charge is 2.44. The lowest BCUT2D eigenvalue weighted by atomic mass is 9.91. The third-order valence-electron chi connectivity index (χ3n) is 3.31. The molecule has 2 nitrogen and oxygen atoms in total. The number of nitrogens with one attached hydrogen (secondary N) is 1. The van der Waals surface area contributed by atoms with E-state index in [9.17, 15) is 0 Å². The second-order valence-corrected chi connectivity index (χ2v) is 4.45. The maximum Gasteiger partial charge on any atom is 0.0393 e. The molecule has 2 heteroatoms. The molecule has 0 radical (unpaired) electrons. The van der Waals surface area contributed by atoms with Gasteiger partial charge in [-0.1, -0.05) is 6.07 Å². The summed E-state index contributed by atoms with van der Waals surface area (Å²) in [6, 6.07) is 6.21. The fourth-order valence-corrected chi connectivity index (χ4v) is 2.19. The van der Waals surface area contributed by atoms with Crippen LogP contribution in [0.3, 0.4) is 0 Å². The van der Waals surface area contributed by atoms with Gasteiger partial charge in [-0.3, -0.25) is 0 Å². The number of benzene rings is 1. The van der Waals surface area contributed by atoms with Crippen LogP contribution in [0.4, 0.5) is 11.4 Å². The molecule has 0 bridgehead atoms. The van der Waals surface area contributed by atoms with E-state index in [2.05, 4.69) is 11.4 Å². The maximum absolute atomic E-state index is 5.73. The van der Waals surface area contributed by atoms with Crippen LogP contribution < -0.4 is 11.1 Å². The van der Waals surface area contributed by atoms with Crippen molar-refractivity contribution in [2.45, 2.75) is 19.3 Å². The van der Waals surface area contributed by atoms with Gasteiger partial charge in [0.15, 0.2) is 0 Å². The van der Waals surface area contributed by atoms with Gasteiger partial charge in [-0.25, -0.2) is 0 Å². The van der Waals surface area contributed by atoms with E-state index in [0.29, 0.717) is 5.41 Å². The zero-order chi connectivity index (χ0) is 8.89. The molecule has 3 N–H and O–H groups in total. The lowest BCUT2D eigenvalue weighted by Crippen LogP contribution is -2.24. The van der Waals surface area contributed by atoms with Crippen LogP contribution in [0.5, 0.6) is 0 Å². The molecule has 0 aromatic heterocycles. The van der Waals surface area contributed by atoms with E-state index in [1.54, 1.807) is 0 Å². The van der Waals surface area contributed by atoms with Crippen molar-refractivity contribution >= 4 is 11.4 Å². The van der Waals surface area contributed by atoms with Crippen LogP contribution in [0.25, 0.3) is 0 Å². The minimum absolute atomic E-state index is 0.614. The molecule has 0 unspecified atom stereocenters. The Morgan fingerprint density at radius 3 is 2.92 bits per heavy atom. The first kappa shape index (κ1) is 7.25. The van der Waals surface area contributed by atoms with Gasteiger partial charge in [0.25, 0.3) is 0 Å². The molecule has 1 aromatic rings. The standard InChI is InChI=1S/C11H14N2/c12-9-2-1-8-6-11(3-4-11)7-13-10(8)5-9/h1-2,5,13H,3-4,6-7,12H2. The van der Waals surface area contributed by atoms with Gasteiger partial charge in [0, 0.05) is 17.9 Å². The molecular weight excluding hydrogens is 160 g/mol. The molecule has 68 valence electrons. The number of anilines is 2. The van der Waals surface area contributed by atoms with Gasteiger partial charge in [-0.05, 0) is 42.4 Å². The molecule has 0 saturated heterocycles. The van der Waals surface area contributed by atoms with Gasteiger partial charge in [0.05, 0.1) is 0 Å². The van der Waals surface area contributed by atoms with Crippen LogP contribution in [0.1, 0.15) is 18.4 Å². The Labute approximate surface area is 78.1 Å². The summed E-state index contributed by atoms with van der Waals surface area (Å²) in [6.07, 6.45) is 4.03. The van der Waals surface area contributed by atoms with Crippen LogP contribution in [-0.2, 0) is 6.42 Å². The number of nitrogen functional groups attached to an aromatic ring is 1. The van der Waals surface area contributed by atoms with E-state index >= 15 is 0 Å². The van der Waals surface area contributed by atoms with Crippen molar-refractivity contribution in [1.29, 1.82) is 0 Å². The van der Waals surface area contributed by atoms with Crippen molar-refractivity contribution in [3.63, 3.8) is 0 Å². The molecule has 0 atom stereocenters. The predicted molar refractivity (Wildman–Crippen MR) is 54.7 cm³/mol. The molecule has 1 spiro atoms. The highest BCUT2D eigenvalue weighted by atomic mass is 14.9. The number of fused-ring (bicyclic) bond motifs is 1. The quantitative estimate of drug-likeness (QED) is 0.590. The summed E-state index contributed by atoms with van der Waals surface area (Å²) in [7, 11) is 0. The number of hydrogen-bond donors (Lipinski definition) is 2. The molecule has 1 heterocycles. The third-order valence-corrected chi connectivity index (χ3v) is 3.31. The van der Waals surface area contributed by atoms with E-state index in [0.717, 1.165) is 12.2 Å². The summed E-state index contributed by atoms with van der Waals surface area (Å²) in [6.45, 7) is 1.14.